The third kappa shape index (κ3) is 6.57. The van der Waals surface area contributed by atoms with Crippen LogP contribution in [0.3, 0.4) is 0 Å². The van der Waals surface area contributed by atoms with Gasteiger partial charge in [-0.25, -0.2) is 0 Å². The summed E-state index contributed by atoms with van der Waals surface area (Å²) in [4.78, 5) is 28.4. The highest BCUT2D eigenvalue weighted by Gasteiger charge is 2.25. The molecule has 2 aromatic rings. The summed E-state index contributed by atoms with van der Waals surface area (Å²) in [6.45, 7) is 2.05. The van der Waals surface area contributed by atoms with Crippen LogP contribution in [0, 0.1) is 17.2 Å². The number of anilines is 1. The lowest BCUT2D eigenvalue weighted by molar-refractivity contribution is -0.123. The lowest BCUT2D eigenvalue weighted by Crippen LogP contribution is -2.48. The summed E-state index contributed by atoms with van der Waals surface area (Å²) in [5.74, 6) is 0.835. The van der Waals surface area contributed by atoms with Gasteiger partial charge in [0.25, 0.3) is 5.91 Å². The molecular weight excluding hydrogens is 452 g/mol. The first kappa shape index (κ1) is 25.6. The molecule has 2 aliphatic rings. The molecule has 36 heavy (non-hydrogen) atoms. The number of fused-ring (bicyclic) bond motifs is 1. The quantitative estimate of drug-likeness (QED) is 0.523. The van der Waals surface area contributed by atoms with Crippen molar-refractivity contribution in [1.29, 1.82) is 5.26 Å². The number of rotatable bonds is 10. The molecule has 2 N–H and O–H groups in total. The van der Waals surface area contributed by atoms with Crippen molar-refractivity contribution in [3.63, 3.8) is 0 Å². The summed E-state index contributed by atoms with van der Waals surface area (Å²) >= 11 is 0. The molecule has 0 bridgehead atoms. The van der Waals surface area contributed by atoms with Gasteiger partial charge in [0.2, 0.25) is 5.91 Å². The lowest BCUT2D eigenvalue weighted by atomic mass is 9.85. The summed E-state index contributed by atoms with van der Waals surface area (Å²) in [6, 6.07) is 14.4. The van der Waals surface area contributed by atoms with Crippen LogP contribution in [0.15, 0.2) is 42.5 Å². The van der Waals surface area contributed by atoms with Gasteiger partial charge in [0.05, 0.1) is 18.7 Å². The number of hydrogen-bond donors (Lipinski definition) is 2. The number of nitriles is 1. The second kappa shape index (κ2) is 12.4. The molecule has 1 heterocycles. The largest absolute Gasteiger partial charge is 0.497 e. The molecule has 0 spiro atoms. The highest BCUT2D eigenvalue weighted by Crippen LogP contribution is 2.29. The predicted octanol–water partition coefficient (Wildman–Crippen LogP) is 4.20. The summed E-state index contributed by atoms with van der Waals surface area (Å²) in [6.07, 6.45) is 8.70. The molecule has 4 rings (SSSR count). The molecule has 7 nitrogen and oxygen atoms in total. The van der Waals surface area contributed by atoms with Crippen molar-refractivity contribution in [3.8, 4) is 11.8 Å². The van der Waals surface area contributed by atoms with E-state index in [1.54, 1.807) is 31.4 Å². The molecule has 1 fully saturated rings. The van der Waals surface area contributed by atoms with E-state index in [-0.39, 0.29) is 11.8 Å². The Balaban J connectivity index is 1.35. The van der Waals surface area contributed by atoms with Crippen LogP contribution < -0.4 is 20.3 Å². The number of carbonyl (C=O) groups excluding carboxylic acids is 2. The van der Waals surface area contributed by atoms with Crippen molar-refractivity contribution in [1.82, 2.24) is 10.6 Å². The van der Waals surface area contributed by atoms with Crippen molar-refractivity contribution in [2.45, 2.75) is 57.4 Å². The zero-order chi connectivity index (χ0) is 25.3. The molecule has 190 valence electrons. The number of carbonyl (C=O) groups is 2. The van der Waals surface area contributed by atoms with Gasteiger partial charge in [-0.15, -0.1) is 0 Å². The van der Waals surface area contributed by atoms with Gasteiger partial charge in [-0.3, -0.25) is 9.59 Å². The molecule has 7 heteroatoms. The van der Waals surface area contributed by atoms with Crippen LogP contribution in [0.25, 0.3) is 0 Å². The summed E-state index contributed by atoms with van der Waals surface area (Å²) in [5, 5.41) is 15.2. The van der Waals surface area contributed by atoms with Gasteiger partial charge < -0.3 is 20.3 Å². The Morgan fingerprint density at radius 3 is 2.78 bits per heavy atom. The molecule has 0 saturated heterocycles. The number of hydrogen-bond acceptors (Lipinski definition) is 5. The van der Waals surface area contributed by atoms with Crippen LogP contribution in [0.5, 0.6) is 5.75 Å². The van der Waals surface area contributed by atoms with E-state index in [1.807, 2.05) is 18.2 Å². The van der Waals surface area contributed by atoms with Crippen molar-refractivity contribution < 1.29 is 14.3 Å². The Morgan fingerprint density at radius 2 is 2.00 bits per heavy atom. The zero-order valence-electron chi connectivity index (χ0n) is 21.1. The van der Waals surface area contributed by atoms with E-state index in [4.69, 9.17) is 10.00 Å². The number of amides is 2. The molecule has 0 unspecified atom stereocenters. The smallest absolute Gasteiger partial charge is 0.252 e. The van der Waals surface area contributed by atoms with Gasteiger partial charge in [-0.2, -0.15) is 5.26 Å². The molecule has 1 atom stereocenters. The van der Waals surface area contributed by atoms with E-state index < -0.39 is 6.04 Å². The highest BCUT2D eigenvalue weighted by molar-refractivity contribution is 5.97. The Hall–Kier alpha value is -3.53. The number of nitrogens with zero attached hydrogens (tertiary/aromatic N) is 2. The summed E-state index contributed by atoms with van der Waals surface area (Å²) < 4.78 is 5.24. The molecule has 1 aliphatic carbocycles. The van der Waals surface area contributed by atoms with E-state index in [0.29, 0.717) is 42.3 Å². The molecule has 2 aromatic carbocycles. The topological polar surface area (TPSA) is 94.5 Å². The van der Waals surface area contributed by atoms with Crippen molar-refractivity contribution >= 4 is 17.5 Å². The lowest BCUT2D eigenvalue weighted by Gasteiger charge is -2.25. The van der Waals surface area contributed by atoms with Crippen LogP contribution >= 0.6 is 0 Å². The normalized spacial score (nSPS) is 16.1. The number of nitrogens with one attached hydrogen (secondary N) is 2. The fraction of sp³-hybridized carbons (Fsp3) is 0.483. The van der Waals surface area contributed by atoms with E-state index in [1.165, 1.54) is 37.7 Å². The maximum atomic E-state index is 13.2. The maximum absolute atomic E-state index is 13.2. The van der Waals surface area contributed by atoms with Crippen LogP contribution in [0.4, 0.5) is 5.69 Å². The number of methoxy groups -OCH3 is 1. The van der Waals surface area contributed by atoms with E-state index >= 15 is 0 Å². The Morgan fingerprint density at radius 1 is 1.17 bits per heavy atom. The van der Waals surface area contributed by atoms with Gasteiger partial charge in [0.1, 0.15) is 11.8 Å². The molecule has 1 aliphatic heterocycles. The third-order valence-electron chi connectivity index (χ3n) is 7.42. The average Bonchev–Trinajstić information content (AvgIpc) is 3.33. The van der Waals surface area contributed by atoms with Crippen LogP contribution in [0.2, 0.25) is 0 Å². The summed E-state index contributed by atoms with van der Waals surface area (Å²) in [5.41, 5.74) is 3.46. The van der Waals surface area contributed by atoms with Gasteiger partial charge in [0, 0.05) is 30.9 Å². The second-order valence-electron chi connectivity index (χ2n) is 9.82. The highest BCUT2D eigenvalue weighted by atomic mass is 16.5. The molecule has 1 saturated carbocycles. The fourth-order valence-corrected chi connectivity index (χ4v) is 5.36. The third-order valence-corrected chi connectivity index (χ3v) is 7.42. The first-order chi connectivity index (χ1) is 17.6. The van der Waals surface area contributed by atoms with Crippen LogP contribution in [-0.4, -0.2) is 44.6 Å². The zero-order valence-corrected chi connectivity index (χ0v) is 21.1. The Kier molecular flexibility index (Phi) is 8.83. The van der Waals surface area contributed by atoms with Gasteiger partial charge >= 0.3 is 0 Å². The number of benzene rings is 2. The average molecular weight is 489 g/mol. The predicted molar refractivity (Wildman–Crippen MR) is 140 cm³/mol. The van der Waals surface area contributed by atoms with Gasteiger partial charge in [0.15, 0.2) is 0 Å². The molecule has 0 aromatic heterocycles. The van der Waals surface area contributed by atoms with Crippen molar-refractivity contribution in [2.75, 3.05) is 31.6 Å². The van der Waals surface area contributed by atoms with Crippen LogP contribution in [0.1, 0.15) is 66.4 Å². The SMILES string of the molecule is COc1cccc(C(=O)N[C@@H](CCC2CCCCC2)C(=O)NCCN2CCc3cc(C#N)ccc32)c1. The monoisotopic (exact) mass is 488 g/mol. The minimum absolute atomic E-state index is 0.138. The maximum Gasteiger partial charge on any atom is 0.252 e. The standard InChI is InChI=1S/C29H36N4O3/c1-36-25-9-5-8-24(19-25)28(34)32-26(12-10-21-6-3-2-4-7-21)29(35)31-15-17-33-16-14-23-18-22(20-30)11-13-27(23)33/h5,8-9,11,13,18-19,21,26H,2-4,6-7,10,12,14-17H2,1H3,(H,31,35)(H,32,34)/t26-/m0/s1. The van der Waals surface area contributed by atoms with E-state index in [2.05, 4.69) is 21.6 Å². The van der Waals surface area contributed by atoms with Gasteiger partial charge in [-0.05, 0) is 67.1 Å². The van der Waals surface area contributed by atoms with E-state index in [9.17, 15) is 9.59 Å². The minimum Gasteiger partial charge on any atom is -0.497 e. The molecular formula is C29H36N4O3. The number of ether oxygens (including phenoxy) is 1. The molecule has 2 amide bonds. The minimum atomic E-state index is -0.574. The van der Waals surface area contributed by atoms with Gasteiger partial charge in [-0.1, -0.05) is 38.2 Å². The van der Waals surface area contributed by atoms with Crippen LogP contribution in [-0.2, 0) is 11.2 Å². The summed E-state index contributed by atoms with van der Waals surface area (Å²) in [7, 11) is 1.57. The van der Waals surface area contributed by atoms with Crippen molar-refractivity contribution in [3.05, 3.63) is 59.2 Å². The first-order valence-corrected chi connectivity index (χ1v) is 13.1. The van der Waals surface area contributed by atoms with E-state index in [0.717, 1.165) is 25.1 Å². The fourth-order valence-electron chi connectivity index (χ4n) is 5.36. The molecule has 0 radical (unpaired) electrons. The second-order valence-corrected chi connectivity index (χ2v) is 9.82. The Bertz CT molecular complexity index is 1100. The Labute approximate surface area is 213 Å². The van der Waals surface area contributed by atoms with Crippen molar-refractivity contribution in [2.24, 2.45) is 5.92 Å². The first-order valence-electron chi connectivity index (χ1n) is 13.1.